The maximum Gasteiger partial charge on any atom is 0.155 e. The highest BCUT2D eigenvalue weighted by molar-refractivity contribution is 7.98. The minimum absolute atomic E-state index is 0.273. The van der Waals surface area contributed by atoms with Crippen molar-refractivity contribution in [3.05, 3.63) is 18.1 Å². The van der Waals surface area contributed by atoms with Gasteiger partial charge in [0, 0.05) is 24.2 Å². The van der Waals surface area contributed by atoms with Gasteiger partial charge in [-0.05, 0) is 12.7 Å². The normalized spacial score (nSPS) is 12.1. The molecule has 0 saturated heterocycles. The van der Waals surface area contributed by atoms with Crippen molar-refractivity contribution >= 4 is 34.8 Å². The molecule has 3 N–H and O–H groups in total. The Balaban J connectivity index is 2.82. The minimum atomic E-state index is 0.273. The number of nitrogens with two attached hydrogens (primary N) is 1. The topological polar surface area (TPSA) is 63.8 Å². The fourth-order valence-corrected chi connectivity index (χ4v) is 2.15. The van der Waals surface area contributed by atoms with E-state index < -0.39 is 0 Å². The number of anilines is 1. The highest BCUT2D eigenvalue weighted by Crippen LogP contribution is 2.13. The second-order valence-corrected chi connectivity index (χ2v) is 4.67. The van der Waals surface area contributed by atoms with Crippen LogP contribution in [0.3, 0.4) is 0 Å². The average Bonchev–Trinajstić information content (AvgIpc) is 2.29. The van der Waals surface area contributed by atoms with E-state index in [4.69, 9.17) is 18.0 Å². The second-order valence-electron chi connectivity index (χ2n) is 3.32. The molecule has 1 aromatic heterocycles. The molecule has 0 spiro atoms. The fraction of sp³-hybridized carbons (Fsp3) is 0.500. The Bertz CT molecular complexity index is 356. The highest BCUT2D eigenvalue weighted by atomic mass is 32.2. The monoisotopic (exact) mass is 256 g/mol. The maximum absolute atomic E-state index is 5.59. The second kappa shape index (κ2) is 6.65. The molecule has 0 radical (unpaired) electrons. The quantitative estimate of drug-likeness (QED) is 0.755. The fourth-order valence-electron chi connectivity index (χ4n) is 1.28. The van der Waals surface area contributed by atoms with Crippen molar-refractivity contribution in [1.29, 1.82) is 0 Å². The predicted octanol–water partition coefficient (Wildman–Crippen LogP) is 1.66. The van der Waals surface area contributed by atoms with Crippen LogP contribution >= 0.6 is 24.0 Å². The molecule has 4 nitrogen and oxygen atoms in total. The zero-order valence-electron chi connectivity index (χ0n) is 9.43. The van der Waals surface area contributed by atoms with E-state index in [2.05, 4.69) is 28.5 Å². The molecule has 6 heteroatoms. The average molecular weight is 256 g/mol. The molecule has 1 rings (SSSR count). The van der Waals surface area contributed by atoms with Crippen LogP contribution in [0.5, 0.6) is 0 Å². The Morgan fingerprint density at radius 1 is 1.56 bits per heavy atom. The molecule has 1 heterocycles. The van der Waals surface area contributed by atoms with Gasteiger partial charge in [0.25, 0.3) is 0 Å². The van der Waals surface area contributed by atoms with Gasteiger partial charge in [0.05, 0.1) is 0 Å². The summed E-state index contributed by atoms with van der Waals surface area (Å²) in [7, 11) is 0. The lowest BCUT2D eigenvalue weighted by Crippen LogP contribution is -2.25. The summed E-state index contributed by atoms with van der Waals surface area (Å²) in [4.78, 5) is 8.62. The molecule has 0 bridgehead atoms. The van der Waals surface area contributed by atoms with Crippen LogP contribution in [0.2, 0.25) is 0 Å². The van der Waals surface area contributed by atoms with Crippen LogP contribution in [0.1, 0.15) is 19.0 Å². The first-order valence-electron chi connectivity index (χ1n) is 5.05. The summed E-state index contributed by atoms with van der Waals surface area (Å²) >= 11 is 6.73. The molecule has 0 aromatic carbocycles. The van der Waals surface area contributed by atoms with E-state index in [0.29, 0.717) is 17.6 Å². The lowest BCUT2D eigenvalue weighted by molar-refractivity contribution is 0.768. The Labute approximate surface area is 105 Å². The van der Waals surface area contributed by atoms with Crippen molar-refractivity contribution in [1.82, 2.24) is 9.97 Å². The Morgan fingerprint density at radius 3 is 2.81 bits per heavy atom. The van der Waals surface area contributed by atoms with Crippen LogP contribution in [0.15, 0.2) is 12.4 Å². The van der Waals surface area contributed by atoms with Gasteiger partial charge in [-0.1, -0.05) is 19.1 Å². The molecule has 0 aliphatic carbocycles. The number of hydrogen-bond acceptors (Lipinski definition) is 5. The van der Waals surface area contributed by atoms with Crippen molar-refractivity contribution < 1.29 is 0 Å². The number of nitrogens with zero attached hydrogens (tertiary/aromatic N) is 2. The molecule has 88 valence electrons. The molecule has 16 heavy (non-hydrogen) atoms. The van der Waals surface area contributed by atoms with Gasteiger partial charge >= 0.3 is 0 Å². The number of thioether (sulfide) groups is 1. The molecule has 1 aromatic rings. The van der Waals surface area contributed by atoms with Crippen molar-refractivity contribution in [2.75, 3.05) is 17.3 Å². The largest absolute Gasteiger partial charge is 0.388 e. The Kier molecular flexibility index (Phi) is 5.48. The first-order valence-corrected chi connectivity index (χ1v) is 6.85. The van der Waals surface area contributed by atoms with E-state index in [1.807, 2.05) is 0 Å². The van der Waals surface area contributed by atoms with Crippen LogP contribution in [-0.4, -0.2) is 33.0 Å². The smallest absolute Gasteiger partial charge is 0.155 e. The Morgan fingerprint density at radius 2 is 2.25 bits per heavy atom. The number of nitrogens with one attached hydrogen (secondary N) is 1. The lowest BCUT2D eigenvalue weighted by Gasteiger charge is -2.17. The summed E-state index contributed by atoms with van der Waals surface area (Å²) in [6.07, 6.45) is 6.33. The molecule has 0 amide bonds. The molecular weight excluding hydrogens is 240 g/mol. The number of rotatable bonds is 6. The van der Waals surface area contributed by atoms with Crippen LogP contribution in [-0.2, 0) is 0 Å². The van der Waals surface area contributed by atoms with Crippen molar-refractivity contribution in [2.24, 2.45) is 5.73 Å². The molecule has 1 unspecified atom stereocenters. The van der Waals surface area contributed by atoms with E-state index in [1.54, 1.807) is 24.2 Å². The van der Waals surface area contributed by atoms with Gasteiger partial charge in [-0.15, -0.1) is 0 Å². The van der Waals surface area contributed by atoms with Crippen LogP contribution in [0.4, 0.5) is 5.82 Å². The summed E-state index contributed by atoms with van der Waals surface area (Å²) in [6.45, 7) is 2.13. The molecule has 0 aliphatic heterocycles. The number of thiocarbonyl (C=S) groups is 1. The van der Waals surface area contributed by atoms with Gasteiger partial charge < -0.3 is 11.1 Å². The standard InChI is InChI=1S/C10H16N4S2/c1-3-7(6-16-2)14-10-8(9(11)15)12-4-5-13-10/h4-5,7H,3,6H2,1-2H3,(H2,11,15)(H,13,14). The third-order valence-electron chi connectivity index (χ3n) is 2.13. The third-order valence-corrected chi connectivity index (χ3v) is 3.06. The summed E-state index contributed by atoms with van der Waals surface area (Å²) in [5.41, 5.74) is 6.16. The SMILES string of the molecule is CCC(CSC)Nc1nccnc1C(N)=S. The minimum Gasteiger partial charge on any atom is -0.388 e. The van der Waals surface area contributed by atoms with Crippen molar-refractivity contribution in [3.63, 3.8) is 0 Å². The van der Waals surface area contributed by atoms with Gasteiger partial charge in [0.2, 0.25) is 0 Å². The third kappa shape index (κ3) is 3.61. The first-order chi connectivity index (χ1) is 7.69. The molecule has 0 saturated carbocycles. The van der Waals surface area contributed by atoms with Gasteiger partial charge in [0.15, 0.2) is 5.82 Å². The van der Waals surface area contributed by atoms with E-state index in [0.717, 1.165) is 12.2 Å². The van der Waals surface area contributed by atoms with Crippen LogP contribution in [0, 0.1) is 0 Å². The van der Waals surface area contributed by atoms with Crippen molar-refractivity contribution in [2.45, 2.75) is 19.4 Å². The van der Waals surface area contributed by atoms with Crippen LogP contribution < -0.4 is 11.1 Å². The maximum atomic E-state index is 5.59. The van der Waals surface area contributed by atoms with Gasteiger partial charge in [0.1, 0.15) is 10.7 Å². The van der Waals surface area contributed by atoms with Crippen molar-refractivity contribution in [3.8, 4) is 0 Å². The summed E-state index contributed by atoms with van der Waals surface area (Å²) < 4.78 is 0. The highest BCUT2D eigenvalue weighted by Gasteiger charge is 2.11. The summed E-state index contributed by atoms with van der Waals surface area (Å²) in [5, 5.41) is 3.32. The first kappa shape index (κ1) is 13.2. The van der Waals surface area contributed by atoms with E-state index in [-0.39, 0.29) is 4.99 Å². The number of hydrogen-bond donors (Lipinski definition) is 2. The van der Waals surface area contributed by atoms with Gasteiger partial charge in [-0.2, -0.15) is 11.8 Å². The zero-order valence-corrected chi connectivity index (χ0v) is 11.1. The molecule has 1 atom stereocenters. The lowest BCUT2D eigenvalue weighted by atomic mass is 10.2. The zero-order chi connectivity index (χ0) is 12.0. The predicted molar refractivity (Wildman–Crippen MR) is 74.0 cm³/mol. The number of aromatic nitrogens is 2. The van der Waals surface area contributed by atoms with Crippen LogP contribution in [0.25, 0.3) is 0 Å². The van der Waals surface area contributed by atoms with E-state index in [9.17, 15) is 0 Å². The van der Waals surface area contributed by atoms with E-state index in [1.165, 1.54) is 0 Å². The molecule has 0 fully saturated rings. The Hall–Kier alpha value is -0.880. The molecule has 0 aliphatic rings. The van der Waals surface area contributed by atoms with E-state index >= 15 is 0 Å². The van der Waals surface area contributed by atoms with Gasteiger partial charge in [-0.25, -0.2) is 9.97 Å². The molecular formula is C10H16N4S2. The summed E-state index contributed by atoms with van der Waals surface area (Å²) in [6, 6.07) is 0.361. The summed E-state index contributed by atoms with van der Waals surface area (Å²) in [5.74, 6) is 1.69. The van der Waals surface area contributed by atoms with Gasteiger partial charge in [-0.3, -0.25) is 0 Å².